The van der Waals surface area contributed by atoms with Crippen LogP contribution < -0.4 is 10.1 Å². The van der Waals surface area contributed by atoms with Gasteiger partial charge in [-0.15, -0.1) is 0 Å². The summed E-state index contributed by atoms with van der Waals surface area (Å²) in [6.07, 6.45) is 0.871. The highest BCUT2D eigenvalue weighted by Gasteiger charge is 2.06. The predicted molar refractivity (Wildman–Crippen MR) is 83.2 cm³/mol. The van der Waals surface area contributed by atoms with E-state index in [9.17, 15) is 15.0 Å². The molecule has 0 spiro atoms. The summed E-state index contributed by atoms with van der Waals surface area (Å²) in [6.45, 7) is 0.524. The van der Waals surface area contributed by atoms with Crippen LogP contribution in [0.3, 0.4) is 0 Å². The third kappa shape index (κ3) is 4.41. The summed E-state index contributed by atoms with van der Waals surface area (Å²) in [5.74, 6) is 0.250. The maximum Gasteiger partial charge on any atom is 0.224 e. The van der Waals surface area contributed by atoms with Crippen molar-refractivity contribution >= 4 is 5.91 Å². The minimum atomic E-state index is -0.221. The molecule has 22 heavy (non-hydrogen) atoms. The van der Waals surface area contributed by atoms with Crippen LogP contribution in [-0.2, 0) is 17.6 Å². The van der Waals surface area contributed by atoms with E-state index in [0.29, 0.717) is 18.5 Å². The number of carbonyl (C=O) groups excluding carboxylic acids is 1. The van der Waals surface area contributed by atoms with Gasteiger partial charge >= 0.3 is 0 Å². The van der Waals surface area contributed by atoms with Gasteiger partial charge in [0.2, 0.25) is 5.91 Å². The number of methoxy groups -OCH3 is 1. The van der Waals surface area contributed by atoms with Gasteiger partial charge in [0.05, 0.1) is 13.5 Å². The molecule has 2 aromatic rings. The normalized spacial score (nSPS) is 10.2. The summed E-state index contributed by atoms with van der Waals surface area (Å²) in [6, 6.07) is 12.1. The molecular weight excluding hydrogens is 282 g/mol. The standard InChI is InChI=1S/C17H19NO4/c1-22-14-4-2-3-12(9-14)7-8-18-17(21)11-13-5-6-15(19)16(20)10-13/h2-6,9-10,19-20H,7-8,11H2,1H3,(H,18,21). The fourth-order valence-electron chi connectivity index (χ4n) is 2.10. The van der Waals surface area contributed by atoms with Crippen LogP contribution in [0.25, 0.3) is 0 Å². The minimum absolute atomic E-state index is 0.131. The number of phenols is 2. The molecule has 0 aliphatic rings. The van der Waals surface area contributed by atoms with E-state index in [1.54, 1.807) is 13.2 Å². The Balaban J connectivity index is 1.81. The number of ether oxygens (including phenoxy) is 1. The molecule has 0 heterocycles. The van der Waals surface area contributed by atoms with E-state index in [2.05, 4.69) is 5.32 Å². The van der Waals surface area contributed by atoms with E-state index in [4.69, 9.17) is 4.74 Å². The SMILES string of the molecule is COc1cccc(CCNC(=O)Cc2ccc(O)c(O)c2)c1. The van der Waals surface area contributed by atoms with Crippen molar-refractivity contribution in [3.05, 3.63) is 53.6 Å². The van der Waals surface area contributed by atoms with Crippen molar-refractivity contribution in [1.29, 1.82) is 0 Å². The van der Waals surface area contributed by atoms with Gasteiger partial charge in [0.25, 0.3) is 0 Å². The summed E-state index contributed by atoms with van der Waals surface area (Å²) in [4.78, 5) is 11.8. The molecule has 0 atom stereocenters. The first-order chi connectivity index (χ1) is 10.6. The molecule has 1 amide bonds. The van der Waals surface area contributed by atoms with Crippen LogP contribution in [0.5, 0.6) is 17.2 Å². The van der Waals surface area contributed by atoms with Crippen LogP contribution >= 0.6 is 0 Å². The van der Waals surface area contributed by atoms with Crippen LogP contribution in [0.4, 0.5) is 0 Å². The molecule has 0 bridgehead atoms. The number of hydrogen-bond acceptors (Lipinski definition) is 4. The van der Waals surface area contributed by atoms with E-state index in [-0.39, 0.29) is 23.8 Å². The number of phenolic OH excluding ortho intramolecular Hbond substituents is 2. The maximum absolute atomic E-state index is 11.8. The van der Waals surface area contributed by atoms with Crippen molar-refractivity contribution in [3.8, 4) is 17.2 Å². The number of rotatable bonds is 6. The van der Waals surface area contributed by atoms with Crippen molar-refractivity contribution in [2.24, 2.45) is 0 Å². The van der Waals surface area contributed by atoms with E-state index in [1.807, 2.05) is 24.3 Å². The Morgan fingerprint density at radius 2 is 1.91 bits per heavy atom. The zero-order valence-electron chi connectivity index (χ0n) is 12.4. The van der Waals surface area contributed by atoms with Crippen molar-refractivity contribution in [2.45, 2.75) is 12.8 Å². The number of amides is 1. The fraction of sp³-hybridized carbons (Fsp3) is 0.235. The van der Waals surface area contributed by atoms with Gasteiger partial charge in [-0.2, -0.15) is 0 Å². The Bertz CT molecular complexity index is 655. The second-order valence-corrected chi connectivity index (χ2v) is 4.95. The number of carbonyl (C=O) groups is 1. The van der Waals surface area contributed by atoms with Crippen molar-refractivity contribution < 1.29 is 19.7 Å². The van der Waals surface area contributed by atoms with Gasteiger partial charge in [-0.05, 0) is 41.8 Å². The Hall–Kier alpha value is -2.69. The molecule has 5 heteroatoms. The molecule has 2 aromatic carbocycles. The Morgan fingerprint density at radius 1 is 1.09 bits per heavy atom. The molecule has 0 aromatic heterocycles. The third-order valence-corrected chi connectivity index (χ3v) is 3.27. The van der Waals surface area contributed by atoms with Crippen molar-refractivity contribution in [1.82, 2.24) is 5.32 Å². The quantitative estimate of drug-likeness (QED) is 0.713. The van der Waals surface area contributed by atoms with Gasteiger partial charge in [0.15, 0.2) is 11.5 Å². The first-order valence-corrected chi connectivity index (χ1v) is 6.99. The average molecular weight is 301 g/mol. The second-order valence-electron chi connectivity index (χ2n) is 4.95. The number of nitrogens with one attached hydrogen (secondary N) is 1. The Labute approximate surface area is 129 Å². The molecule has 5 nitrogen and oxygen atoms in total. The third-order valence-electron chi connectivity index (χ3n) is 3.27. The van der Waals surface area contributed by atoms with Gasteiger partial charge in [0, 0.05) is 6.54 Å². The first-order valence-electron chi connectivity index (χ1n) is 6.99. The molecule has 0 radical (unpaired) electrons. The lowest BCUT2D eigenvalue weighted by Crippen LogP contribution is -2.27. The zero-order valence-corrected chi connectivity index (χ0v) is 12.4. The summed E-state index contributed by atoms with van der Waals surface area (Å²) in [7, 11) is 1.62. The molecule has 0 unspecified atom stereocenters. The van der Waals surface area contributed by atoms with Gasteiger partial charge in [-0.25, -0.2) is 0 Å². The van der Waals surface area contributed by atoms with E-state index in [0.717, 1.165) is 11.3 Å². The summed E-state index contributed by atoms with van der Waals surface area (Å²) in [5.41, 5.74) is 1.73. The van der Waals surface area contributed by atoms with Crippen LogP contribution in [0.2, 0.25) is 0 Å². The Kier molecular flexibility index (Phi) is 5.25. The number of aromatic hydroxyl groups is 2. The molecule has 0 fully saturated rings. The van der Waals surface area contributed by atoms with Gasteiger partial charge in [-0.3, -0.25) is 4.79 Å². The van der Waals surface area contributed by atoms with Crippen molar-refractivity contribution in [2.75, 3.05) is 13.7 Å². The van der Waals surface area contributed by atoms with Crippen molar-refractivity contribution in [3.63, 3.8) is 0 Å². The topological polar surface area (TPSA) is 78.8 Å². The summed E-state index contributed by atoms with van der Waals surface area (Å²) < 4.78 is 5.15. The lowest BCUT2D eigenvalue weighted by atomic mass is 10.1. The summed E-state index contributed by atoms with van der Waals surface area (Å²) in [5, 5.41) is 21.4. The highest BCUT2D eigenvalue weighted by molar-refractivity contribution is 5.78. The van der Waals surface area contributed by atoms with E-state index in [1.165, 1.54) is 12.1 Å². The molecular formula is C17H19NO4. The van der Waals surface area contributed by atoms with E-state index < -0.39 is 0 Å². The molecule has 0 aliphatic carbocycles. The lowest BCUT2D eigenvalue weighted by Gasteiger charge is -2.07. The van der Waals surface area contributed by atoms with Gasteiger partial charge in [0.1, 0.15) is 5.75 Å². The Morgan fingerprint density at radius 3 is 2.64 bits per heavy atom. The second kappa shape index (κ2) is 7.36. The fourth-order valence-corrected chi connectivity index (χ4v) is 2.10. The molecule has 0 aliphatic heterocycles. The zero-order chi connectivity index (χ0) is 15.9. The highest BCUT2D eigenvalue weighted by Crippen LogP contribution is 2.24. The van der Waals surface area contributed by atoms with Crippen LogP contribution in [0.1, 0.15) is 11.1 Å². The maximum atomic E-state index is 11.8. The van der Waals surface area contributed by atoms with Crippen LogP contribution in [-0.4, -0.2) is 29.8 Å². The van der Waals surface area contributed by atoms with Crippen LogP contribution in [0.15, 0.2) is 42.5 Å². The summed E-state index contributed by atoms with van der Waals surface area (Å²) >= 11 is 0. The van der Waals surface area contributed by atoms with Gasteiger partial charge in [-0.1, -0.05) is 18.2 Å². The highest BCUT2D eigenvalue weighted by atomic mass is 16.5. The number of benzene rings is 2. The minimum Gasteiger partial charge on any atom is -0.504 e. The van der Waals surface area contributed by atoms with Gasteiger partial charge < -0.3 is 20.3 Å². The largest absolute Gasteiger partial charge is 0.504 e. The van der Waals surface area contributed by atoms with E-state index >= 15 is 0 Å². The molecule has 2 rings (SSSR count). The smallest absolute Gasteiger partial charge is 0.224 e. The monoisotopic (exact) mass is 301 g/mol. The van der Waals surface area contributed by atoms with Crippen LogP contribution in [0, 0.1) is 0 Å². The molecule has 3 N–H and O–H groups in total. The number of hydrogen-bond donors (Lipinski definition) is 3. The average Bonchev–Trinajstić information content (AvgIpc) is 2.51. The molecule has 0 saturated heterocycles. The lowest BCUT2D eigenvalue weighted by molar-refractivity contribution is -0.120. The predicted octanol–water partition coefficient (Wildman–Crippen LogP) is 2.01. The molecule has 0 saturated carbocycles. The first kappa shape index (κ1) is 15.7. The molecule has 116 valence electrons.